The number of aromatic amines is 1. The van der Waals surface area contributed by atoms with Gasteiger partial charge in [0, 0.05) is 24.5 Å². The van der Waals surface area contributed by atoms with Crippen LogP contribution in [-0.4, -0.2) is 29.3 Å². The molecule has 3 atom stereocenters. The fraction of sp³-hybridized carbons (Fsp3) is 0.263. The molecule has 6 nitrogen and oxygen atoms in total. The fourth-order valence-corrected chi connectivity index (χ4v) is 4.46. The molecule has 2 heterocycles. The number of carbonyl (C=O) groups excluding carboxylic acids is 1. The van der Waals surface area contributed by atoms with Crippen LogP contribution in [0.15, 0.2) is 36.5 Å². The summed E-state index contributed by atoms with van der Waals surface area (Å²) >= 11 is 0. The van der Waals surface area contributed by atoms with Gasteiger partial charge in [-0.25, -0.2) is 13.6 Å². The van der Waals surface area contributed by atoms with E-state index in [-0.39, 0.29) is 0 Å². The Balaban J connectivity index is 1.39. The first-order valence-electron chi connectivity index (χ1n) is 8.75. The predicted molar refractivity (Wildman–Crippen MR) is 97.6 cm³/mol. The maximum atomic E-state index is 14.0. The van der Waals surface area contributed by atoms with Crippen LogP contribution in [0.25, 0.3) is 10.9 Å². The molecule has 1 aliphatic heterocycles. The van der Waals surface area contributed by atoms with Gasteiger partial charge >= 0.3 is 6.03 Å². The molecular formula is C19H17F2N5O. The van der Waals surface area contributed by atoms with E-state index < -0.39 is 17.7 Å². The van der Waals surface area contributed by atoms with E-state index in [0.717, 1.165) is 35.6 Å². The number of carbonyl (C=O) groups is 1. The number of H-pyrrole nitrogens is 1. The molecule has 1 saturated heterocycles. The van der Waals surface area contributed by atoms with Crippen molar-refractivity contribution in [3.05, 3.63) is 53.7 Å². The van der Waals surface area contributed by atoms with Gasteiger partial charge in [-0.15, -0.1) is 0 Å². The normalized spacial score (nSPS) is 23.5. The molecule has 27 heavy (non-hydrogen) atoms. The van der Waals surface area contributed by atoms with Gasteiger partial charge < -0.3 is 16.0 Å². The molecule has 2 aromatic carbocycles. The number of primary amides is 1. The van der Waals surface area contributed by atoms with Gasteiger partial charge in [-0.3, -0.25) is 5.10 Å². The van der Waals surface area contributed by atoms with Gasteiger partial charge in [-0.2, -0.15) is 5.10 Å². The van der Waals surface area contributed by atoms with E-state index in [4.69, 9.17) is 5.73 Å². The second-order valence-corrected chi connectivity index (χ2v) is 7.24. The topological polar surface area (TPSA) is 87.0 Å². The Kier molecular flexibility index (Phi) is 3.37. The highest BCUT2D eigenvalue weighted by molar-refractivity contribution is 6.00. The third kappa shape index (κ3) is 2.59. The standard InChI is InChI=1S/C19H17F2N5O/c20-10-1-2-17(14(21)5-10)26-7-12-13(8-26)18(12)9-3-15(24-19(22)27)11-6-23-25-16(11)4-9/h1-6,12-13,18H,7-8H2,(H,23,25)(H3,22,24,27)/t12-,13+,18+. The van der Waals surface area contributed by atoms with E-state index in [9.17, 15) is 13.6 Å². The Morgan fingerprint density at radius 2 is 2.00 bits per heavy atom. The molecule has 8 heteroatoms. The summed E-state index contributed by atoms with van der Waals surface area (Å²) in [6.45, 7) is 1.44. The molecule has 2 amide bonds. The van der Waals surface area contributed by atoms with Crippen LogP contribution in [0.3, 0.4) is 0 Å². The molecular weight excluding hydrogens is 352 g/mol. The van der Waals surface area contributed by atoms with Crippen LogP contribution in [0.5, 0.6) is 0 Å². The fourth-order valence-electron chi connectivity index (χ4n) is 4.46. The third-order valence-corrected chi connectivity index (χ3v) is 5.67. The molecule has 5 rings (SSSR count). The molecule has 0 radical (unpaired) electrons. The number of amides is 2. The number of benzene rings is 2. The average molecular weight is 369 g/mol. The summed E-state index contributed by atoms with van der Waals surface area (Å²) in [7, 11) is 0. The molecule has 1 aliphatic carbocycles. The number of halogens is 2. The minimum atomic E-state index is -0.622. The number of nitrogens with zero attached hydrogens (tertiary/aromatic N) is 2. The van der Waals surface area contributed by atoms with Crippen LogP contribution in [0.2, 0.25) is 0 Å². The number of hydrogen-bond acceptors (Lipinski definition) is 3. The number of rotatable bonds is 3. The summed E-state index contributed by atoms with van der Waals surface area (Å²) in [5, 5.41) is 10.4. The van der Waals surface area contributed by atoms with Crippen LogP contribution in [0, 0.1) is 23.5 Å². The van der Waals surface area contributed by atoms with Gasteiger partial charge in [-0.05, 0) is 47.6 Å². The van der Waals surface area contributed by atoms with Crippen LogP contribution < -0.4 is 16.0 Å². The van der Waals surface area contributed by atoms with E-state index in [1.165, 1.54) is 12.1 Å². The molecule has 4 N–H and O–H groups in total. The first-order chi connectivity index (χ1) is 13.0. The smallest absolute Gasteiger partial charge is 0.316 e. The van der Waals surface area contributed by atoms with Crippen molar-refractivity contribution in [2.45, 2.75) is 5.92 Å². The molecule has 138 valence electrons. The number of urea groups is 1. The van der Waals surface area contributed by atoms with Gasteiger partial charge in [0.05, 0.1) is 23.1 Å². The molecule has 2 fully saturated rings. The van der Waals surface area contributed by atoms with Crippen molar-refractivity contribution in [2.75, 3.05) is 23.3 Å². The summed E-state index contributed by atoms with van der Waals surface area (Å²) in [4.78, 5) is 13.3. The second-order valence-electron chi connectivity index (χ2n) is 7.24. The van der Waals surface area contributed by atoms with Gasteiger partial charge in [0.1, 0.15) is 11.6 Å². The van der Waals surface area contributed by atoms with Crippen molar-refractivity contribution in [3.63, 3.8) is 0 Å². The summed E-state index contributed by atoms with van der Waals surface area (Å²) in [5.41, 5.74) is 8.29. The monoisotopic (exact) mass is 369 g/mol. The Bertz CT molecular complexity index is 1050. The summed E-state index contributed by atoms with van der Waals surface area (Å²) < 4.78 is 27.2. The highest BCUT2D eigenvalue weighted by Crippen LogP contribution is 2.59. The van der Waals surface area contributed by atoms with Crippen LogP contribution in [-0.2, 0) is 0 Å². The van der Waals surface area contributed by atoms with Gasteiger partial charge in [0.15, 0.2) is 0 Å². The van der Waals surface area contributed by atoms with E-state index in [1.54, 1.807) is 6.20 Å². The highest BCUT2D eigenvalue weighted by Gasteiger charge is 2.56. The lowest BCUT2D eigenvalue weighted by Crippen LogP contribution is -2.24. The zero-order chi connectivity index (χ0) is 18.7. The Labute approximate surface area is 153 Å². The van der Waals surface area contributed by atoms with Crippen LogP contribution in [0.4, 0.5) is 25.0 Å². The summed E-state index contributed by atoms with van der Waals surface area (Å²) in [6, 6.07) is 7.06. The lowest BCUT2D eigenvalue weighted by Gasteiger charge is -2.23. The number of aromatic nitrogens is 2. The number of hydrogen-bond donors (Lipinski definition) is 3. The Morgan fingerprint density at radius 3 is 2.70 bits per heavy atom. The first-order valence-corrected chi connectivity index (χ1v) is 8.75. The summed E-state index contributed by atoms with van der Waals surface area (Å²) in [5.74, 6) is 0.0406. The molecule has 2 aliphatic rings. The lowest BCUT2D eigenvalue weighted by molar-refractivity contribution is 0.259. The highest BCUT2D eigenvalue weighted by atomic mass is 19.1. The van der Waals surface area contributed by atoms with Crippen molar-refractivity contribution in [1.82, 2.24) is 10.2 Å². The third-order valence-electron chi connectivity index (χ3n) is 5.67. The van der Waals surface area contributed by atoms with Gasteiger partial charge in [0.25, 0.3) is 0 Å². The maximum absolute atomic E-state index is 14.0. The number of nitrogens with one attached hydrogen (secondary N) is 2. The molecule has 1 aromatic heterocycles. The van der Waals surface area contributed by atoms with E-state index in [0.29, 0.717) is 29.1 Å². The minimum absolute atomic E-state index is 0.339. The summed E-state index contributed by atoms with van der Waals surface area (Å²) in [6.07, 6.45) is 1.65. The van der Waals surface area contributed by atoms with E-state index in [1.807, 2.05) is 17.0 Å². The van der Waals surface area contributed by atoms with Crippen LogP contribution in [0.1, 0.15) is 11.5 Å². The van der Waals surface area contributed by atoms with Gasteiger partial charge in [-0.1, -0.05) is 0 Å². The zero-order valence-corrected chi connectivity index (χ0v) is 14.2. The number of piperidine rings is 1. The maximum Gasteiger partial charge on any atom is 0.316 e. The zero-order valence-electron chi connectivity index (χ0n) is 14.2. The Hall–Kier alpha value is -3.16. The van der Waals surface area contributed by atoms with E-state index in [2.05, 4.69) is 15.5 Å². The lowest BCUT2D eigenvalue weighted by atomic mass is 10.0. The van der Waals surface area contributed by atoms with Crippen molar-refractivity contribution < 1.29 is 13.6 Å². The average Bonchev–Trinajstić information content (AvgIpc) is 2.98. The molecule has 0 bridgehead atoms. The quantitative estimate of drug-likeness (QED) is 0.663. The number of fused-ring (bicyclic) bond motifs is 2. The Morgan fingerprint density at radius 1 is 1.22 bits per heavy atom. The largest absolute Gasteiger partial charge is 0.369 e. The van der Waals surface area contributed by atoms with Gasteiger partial charge in [0.2, 0.25) is 0 Å². The molecule has 0 unspecified atom stereocenters. The SMILES string of the molecule is NC(=O)Nc1cc([C@H]2[C@@H]3CN(c4ccc(F)cc4F)C[C@@H]32)cc2[nH]ncc12. The minimum Gasteiger partial charge on any atom is -0.369 e. The first kappa shape index (κ1) is 16.0. The number of anilines is 2. The number of nitrogens with two attached hydrogens (primary N) is 1. The van der Waals surface area contributed by atoms with Crippen molar-refractivity contribution >= 4 is 28.3 Å². The molecule has 3 aromatic rings. The van der Waals surface area contributed by atoms with E-state index >= 15 is 0 Å². The van der Waals surface area contributed by atoms with Crippen molar-refractivity contribution in [1.29, 1.82) is 0 Å². The van der Waals surface area contributed by atoms with Crippen molar-refractivity contribution in [3.8, 4) is 0 Å². The van der Waals surface area contributed by atoms with Crippen LogP contribution >= 0.6 is 0 Å². The molecule has 1 saturated carbocycles. The van der Waals surface area contributed by atoms with Crippen molar-refractivity contribution in [2.24, 2.45) is 17.6 Å². The molecule has 0 spiro atoms. The predicted octanol–water partition coefficient (Wildman–Crippen LogP) is 3.18. The second kappa shape index (κ2) is 5.67.